The van der Waals surface area contributed by atoms with Gasteiger partial charge >= 0.3 is 0 Å². The summed E-state index contributed by atoms with van der Waals surface area (Å²) in [5.74, 6) is 0. The van der Waals surface area contributed by atoms with Crippen molar-refractivity contribution in [3.63, 3.8) is 0 Å². The van der Waals surface area contributed by atoms with Crippen LogP contribution < -0.4 is 0 Å². The molecule has 0 unspecified atom stereocenters. The van der Waals surface area contributed by atoms with Gasteiger partial charge in [-0.2, -0.15) is 0 Å². The van der Waals surface area contributed by atoms with E-state index in [0.29, 0.717) is 0 Å². The lowest BCUT2D eigenvalue weighted by Crippen LogP contribution is -1.94. The molecule has 0 bridgehead atoms. The molecule has 1 nitrogen and oxygen atoms in total. The number of carbonyl (C=O) groups excluding carboxylic acids is 1. The number of hydrogen-bond acceptors (Lipinski definition) is 2. The summed E-state index contributed by atoms with van der Waals surface area (Å²) in [4.78, 5) is 13.3. The van der Waals surface area contributed by atoms with Gasteiger partial charge in [0, 0.05) is 4.88 Å². The Kier molecular flexibility index (Phi) is 5.63. The maximum atomic E-state index is 11.1. The van der Waals surface area contributed by atoms with Gasteiger partial charge in [-0.1, -0.05) is 33.3 Å². The maximum Gasteiger partial charge on any atom is 0.160 e. The van der Waals surface area contributed by atoms with Crippen molar-refractivity contribution in [1.29, 1.82) is 0 Å². The van der Waals surface area contributed by atoms with E-state index in [1.54, 1.807) is 11.3 Å². The Labute approximate surface area is 109 Å². The van der Waals surface area contributed by atoms with Gasteiger partial charge in [0.15, 0.2) is 6.29 Å². The molecule has 0 aliphatic carbocycles. The first-order valence-electron chi connectivity index (χ1n) is 6.41. The molecular weight excluding hydrogens is 228 g/mol. The first-order chi connectivity index (χ1) is 8.15. The van der Waals surface area contributed by atoms with Gasteiger partial charge in [0.2, 0.25) is 0 Å². The lowest BCUT2D eigenvalue weighted by Gasteiger charge is -2.08. The largest absolute Gasteiger partial charge is 0.297 e. The summed E-state index contributed by atoms with van der Waals surface area (Å²) in [6.45, 7) is 10.6. The zero-order valence-electron chi connectivity index (χ0n) is 11.1. The van der Waals surface area contributed by atoms with Gasteiger partial charge in [0.1, 0.15) is 0 Å². The Morgan fingerprint density at radius 2 is 2.06 bits per heavy atom. The Morgan fingerprint density at radius 1 is 1.35 bits per heavy atom. The summed E-state index contributed by atoms with van der Waals surface area (Å²) in [6.07, 6.45) is 6.45. The van der Waals surface area contributed by atoms with Crippen molar-refractivity contribution < 1.29 is 4.79 Å². The quantitative estimate of drug-likeness (QED) is 0.621. The van der Waals surface area contributed by atoms with Gasteiger partial charge in [-0.25, -0.2) is 0 Å². The molecule has 0 amide bonds. The monoisotopic (exact) mass is 250 g/mol. The Morgan fingerprint density at radius 3 is 2.59 bits per heavy atom. The highest BCUT2D eigenvalue weighted by Gasteiger charge is 2.16. The molecule has 1 aromatic heterocycles. The Balaban J connectivity index is 3.11. The van der Waals surface area contributed by atoms with Crippen LogP contribution in [-0.2, 0) is 6.42 Å². The number of carbonyl (C=O) groups is 1. The molecule has 17 heavy (non-hydrogen) atoms. The molecular formula is C15H22OS. The van der Waals surface area contributed by atoms with Gasteiger partial charge in [0.25, 0.3) is 0 Å². The van der Waals surface area contributed by atoms with E-state index in [0.717, 1.165) is 43.3 Å². The van der Waals surface area contributed by atoms with Crippen LogP contribution in [0.1, 0.15) is 65.2 Å². The van der Waals surface area contributed by atoms with Gasteiger partial charge in [-0.15, -0.1) is 11.3 Å². The van der Waals surface area contributed by atoms with Gasteiger partial charge < -0.3 is 0 Å². The number of unbranched alkanes of at least 4 members (excludes halogenated alkanes) is 1. The van der Waals surface area contributed by atoms with E-state index in [2.05, 4.69) is 27.4 Å². The first kappa shape index (κ1) is 14.2. The van der Waals surface area contributed by atoms with Crippen LogP contribution in [0, 0.1) is 6.92 Å². The van der Waals surface area contributed by atoms with Crippen LogP contribution in [-0.4, -0.2) is 6.29 Å². The molecule has 0 radical (unpaired) electrons. The fourth-order valence-corrected chi connectivity index (χ4v) is 3.27. The second kappa shape index (κ2) is 6.75. The molecule has 0 atom stereocenters. The van der Waals surface area contributed by atoms with E-state index in [-0.39, 0.29) is 0 Å². The summed E-state index contributed by atoms with van der Waals surface area (Å²) >= 11 is 1.62. The standard InChI is InChI=1S/C15H22OS/c1-5-7-9-13-14(10-16)17-12(4)15(13)11(3)8-6-2/h10H,3,5-9H2,1-2,4H3. The maximum absolute atomic E-state index is 11.1. The molecule has 0 N–H and O–H groups in total. The molecule has 0 aliphatic rings. The molecule has 0 saturated heterocycles. The van der Waals surface area contributed by atoms with Crippen molar-refractivity contribution >= 4 is 23.2 Å². The van der Waals surface area contributed by atoms with Crippen LogP contribution in [0.2, 0.25) is 0 Å². The Bertz CT molecular complexity index is 401. The third kappa shape index (κ3) is 3.29. The molecule has 94 valence electrons. The summed E-state index contributed by atoms with van der Waals surface area (Å²) in [5.41, 5.74) is 3.70. The molecule has 0 fully saturated rings. The van der Waals surface area contributed by atoms with E-state index in [4.69, 9.17) is 0 Å². The van der Waals surface area contributed by atoms with Crippen LogP contribution in [0.25, 0.3) is 5.57 Å². The fraction of sp³-hybridized carbons (Fsp3) is 0.533. The second-order valence-corrected chi connectivity index (χ2v) is 5.71. The predicted molar refractivity (Wildman–Crippen MR) is 77.0 cm³/mol. The number of hydrogen-bond donors (Lipinski definition) is 0. The summed E-state index contributed by atoms with van der Waals surface area (Å²) < 4.78 is 0. The minimum absolute atomic E-state index is 0.906. The topological polar surface area (TPSA) is 17.1 Å². The molecule has 0 aliphatic heterocycles. The van der Waals surface area contributed by atoms with Crippen LogP contribution in [0.3, 0.4) is 0 Å². The van der Waals surface area contributed by atoms with Crippen molar-refractivity contribution in [2.24, 2.45) is 0 Å². The van der Waals surface area contributed by atoms with Gasteiger partial charge in [-0.3, -0.25) is 4.79 Å². The van der Waals surface area contributed by atoms with Crippen molar-refractivity contribution in [1.82, 2.24) is 0 Å². The second-order valence-electron chi connectivity index (χ2n) is 4.45. The first-order valence-corrected chi connectivity index (χ1v) is 7.22. The molecule has 0 saturated carbocycles. The third-order valence-corrected chi connectivity index (χ3v) is 4.08. The fourth-order valence-electron chi connectivity index (χ4n) is 2.20. The van der Waals surface area contributed by atoms with Gasteiger partial charge in [0.05, 0.1) is 4.88 Å². The van der Waals surface area contributed by atoms with Crippen molar-refractivity contribution in [3.05, 3.63) is 27.5 Å². The van der Waals surface area contributed by atoms with E-state index in [1.807, 2.05) is 0 Å². The third-order valence-electron chi connectivity index (χ3n) is 3.01. The smallest absolute Gasteiger partial charge is 0.160 e. The molecule has 0 aromatic carbocycles. The summed E-state index contributed by atoms with van der Waals surface area (Å²) in [5, 5.41) is 0. The number of thiophene rings is 1. The van der Waals surface area contributed by atoms with E-state index in [1.165, 1.54) is 21.6 Å². The van der Waals surface area contributed by atoms with Gasteiger partial charge in [-0.05, 0) is 42.9 Å². The zero-order valence-corrected chi connectivity index (χ0v) is 12.0. The average molecular weight is 250 g/mol. The van der Waals surface area contributed by atoms with Crippen LogP contribution in [0.4, 0.5) is 0 Å². The predicted octanol–water partition coefficient (Wildman–Crippen LogP) is 5.02. The average Bonchev–Trinajstić information content (AvgIpc) is 2.63. The number of allylic oxidation sites excluding steroid dienone is 1. The number of aldehydes is 1. The van der Waals surface area contributed by atoms with Crippen LogP contribution in [0.5, 0.6) is 0 Å². The van der Waals surface area contributed by atoms with E-state index < -0.39 is 0 Å². The van der Waals surface area contributed by atoms with Crippen LogP contribution in [0.15, 0.2) is 6.58 Å². The number of rotatable bonds is 7. The molecule has 2 heteroatoms. The highest BCUT2D eigenvalue weighted by Crippen LogP contribution is 2.34. The summed E-state index contributed by atoms with van der Waals surface area (Å²) in [6, 6.07) is 0. The van der Waals surface area contributed by atoms with E-state index >= 15 is 0 Å². The van der Waals surface area contributed by atoms with Crippen molar-refractivity contribution in [2.75, 3.05) is 0 Å². The SMILES string of the molecule is C=C(CCC)c1c(C)sc(C=O)c1CCCC. The molecule has 1 heterocycles. The lowest BCUT2D eigenvalue weighted by molar-refractivity contribution is 0.112. The molecule has 1 rings (SSSR count). The zero-order chi connectivity index (χ0) is 12.8. The van der Waals surface area contributed by atoms with Crippen molar-refractivity contribution in [3.8, 4) is 0 Å². The molecule has 0 spiro atoms. The molecule has 1 aromatic rings. The van der Waals surface area contributed by atoms with E-state index in [9.17, 15) is 4.79 Å². The lowest BCUT2D eigenvalue weighted by atomic mass is 9.95. The minimum atomic E-state index is 0.906. The van der Waals surface area contributed by atoms with Crippen molar-refractivity contribution in [2.45, 2.75) is 52.9 Å². The highest BCUT2D eigenvalue weighted by atomic mass is 32.1. The highest BCUT2D eigenvalue weighted by molar-refractivity contribution is 7.14. The normalized spacial score (nSPS) is 10.5. The minimum Gasteiger partial charge on any atom is -0.297 e. The number of aryl methyl sites for hydroxylation is 1. The van der Waals surface area contributed by atoms with Crippen LogP contribution >= 0.6 is 11.3 Å². The summed E-state index contributed by atoms with van der Waals surface area (Å²) in [7, 11) is 0. The Hall–Kier alpha value is -0.890.